The van der Waals surface area contributed by atoms with Crippen molar-refractivity contribution in [2.75, 3.05) is 79.2 Å². The van der Waals surface area contributed by atoms with Gasteiger partial charge in [0.15, 0.2) is 5.78 Å². The standard InChI is InChI=1S/C90H124N20O22S/c1-9-10-20-70-84(125)101-64(33-49(2)3)81(122)105-69(80(121)96-43-75(92)115)46-133-47-76(116)98-66(34-51-22-24-56(112)25-23-51)86(127)106(5)50(4)78(119)99-63(28-30-91)88(129)109-31-15-21-71(109)85(126)102-65(38-55-42-93-48-97-55)82(123)100-62(26-27-77(117)118)89(130)110-44-57(113)39-73(110)74(114)37-52(35-53-40-94-60-18-13-11-16-58(53)60)79(120)104-68(45-111)83(124)103-67(36-54-41-95-61-19-14-12-17-59(54)61)87(128)108(7)72(29-32-132-8)90(131)107(70)6/h11-14,16-19,22-25,40-42,48-50,52,57,62-73,94-95,111-113H,9-10,15,20-21,26-39,43-47,91H2,1-8H3,(H2,92,115)(H,93,97)(H,96,121)(H,98,116)(H,99,119)(H,100,123)(H,101,125)(H,102,126)(H,103,124)(H,104,120)(H,105,122)(H,117,118)/t50-,52+,57+,62-,63-,64-,65-,66-,67-,68-,69-,70-,71-,72-,73-/m0/s1. The number of fused-ring (bicyclic) bond motifs is 4. The molecule has 42 nitrogen and oxygen atoms in total. The average Bonchev–Trinajstić information content (AvgIpc) is 1.66. The summed E-state index contributed by atoms with van der Waals surface area (Å²) in [6.07, 6.45) is 1.43. The number of ketones is 1. The van der Waals surface area contributed by atoms with Gasteiger partial charge in [-0.25, -0.2) is 4.98 Å². The summed E-state index contributed by atoms with van der Waals surface area (Å²) < 4.78 is 5.50. The number of methoxy groups -OCH3 is 1. The zero-order valence-electron chi connectivity index (χ0n) is 75.8. The summed E-state index contributed by atoms with van der Waals surface area (Å²) in [5, 5.41) is 68.0. The van der Waals surface area contributed by atoms with Crippen LogP contribution in [0.4, 0.5) is 0 Å². The first kappa shape index (κ1) is 104. The predicted octanol–water partition coefficient (Wildman–Crippen LogP) is -1.92. The molecule has 133 heavy (non-hydrogen) atoms. The molecule has 0 spiro atoms. The van der Waals surface area contributed by atoms with Crippen molar-refractivity contribution in [1.82, 2.24) is 92.3 Å². The third-order valence-corrected chi connectivity index (χ3v) is 25.1. The highest BCUT2D eigenvalue weighted by Crippen LogP contribution is 2.30. The summed E-state index contributed by atoms with van der Waals surface area (Å²) in [7, 11) is 5.25. The molecular formula is C90H124N20O22S. The van der Waals surface area contributed by atoms with E-state index in [-0.39, 0.29) is 101 Å². The van der Waals surface area contributed by atoms with E-state index in [9.17, 15) is 63.6 Å². The molecule has 0 radical (unpaired) electrons. The highest BCUT2D eigenvalue weighted by atomic mass is 32.2. The van der Waals surface area contributed by atoms with Crippen LogP contribution in [-0.4, -0.2) is 329 Å². The van der Waals surface area contributed by atoms with E-state index in [4.69, 9.17) is 16.2 Å². The molecule has 0 aliphatic carbocycles. The fourth-order valence-electron chi connectivity index (χ4n) is 16.7. The Hall–Kier alpha value is -12.9. The molecule has 0 unspecified atom stereocenters. The number of likely N-dealkylation sites (N-methyl/N-ethyl adjacent to an activating group) is 3. The minimum absolute atomic E-state index is 0.00303. The number of unbranched alkanes of at least 4 members (excludes halogenated alkanes) is 1. The molecule has 15 atom stereocenters. The van der Waals surface area contributed by atoms with Gasteiger partial charge in [-0.05, 0) is 105 Å². The van der Waals surface area contributed by atoms with E-state index in [1.54, 1.807) is 74.8 Å². The molecule has 3 aromatic carbocycles. The second kappa shape index (κ2) is 49.6. The van der Waals surface area contributed by atoms with Crippen molar-refractivity contribution < 1.29 is 107 Å². The molecule has 6 heterocycles. The van der Waals surface area contributed by atoms with Crippen LogP contribution in [0.1, 0.15) is 127 Å². The van der Waals surface area contributed by atoms with Gasteiger partial charge in [0.05, 0.1) is 43.1 Å². The third kappa shape index (κ3) is 28.6. The number of hydrogen-bond acceptors (Lipinski definition) is 24. The number of rotatable bonds is 25. The van der Waals surface area contributed by atoms with Crippen LogP contribution >= 0.6 is 11.8 Å². The number of H-pyrrole nitrogens is 3. The number of phenolic OH excluding ortho intramolecular Hbond substituents is 1. The number of amides is 15. The Kier molecular flexibility index (Phi) is 38.7. The lowest BCUT2D eigenvalue weighted by Gasteiger charge is -2.36. The SMILES string of the molecule is CCCC[C@H]1C(=O)N[C@@H](CC(C)C)C(=O)N[C@H](C(=O)NCC(N)=O)CSCC(=O)N[C@@H](Cc2ccc(O)cc2)C(=O)N(C)[C@@H](C)C(=O)N[C@@H](CCN)C(=O)N2CCC[C@H]2C(=O)N[C@@H](Cc2c[nH]cn2)C(=O)N[C@@H](CCC(=O)O)C(=O)N2C[C@H](O)C[C@H]2C(=O)C[C@@H](Cc2c[nH]c3ccccc23)C(=O)N[C@@H](CO)C(=O)N[C@@H](Cc2c[nH]c3ccccc23)C(=O)N(C)[C@@H](CCOC)C(=O)N1C. The number of aromatic nitrogens is 4. The maximum Gasteiger partial charge on any atom is 0.303 e. The Labute approximate surface area is 772 Å². The fourth-order valence-corrected chi connectivity index (χ4v) is 17.5. The minimum atomic E-state index is -1.89. The molecule has 3 aliphatic rings. The number of phenols is 1. The summed E-state index contributed by atoms with van der Waals surface area (Å²) in [6, 6.07) is -0.339. The first-order valence-electron chi connectivity index (χ1n) is 44.5. The molecule has 3 aromatic heterocycles. The molecule has 3 saturated heterocycles. The smallest absolute Gasteiger partial charge is 0.303 e. The number of imidazole rings is 1. The second-order valence-corrected chi connectivity index (χ2v) is 35.3. The normalized spacial score (nSPS) is 25.1. The Morgan fingerprint density at radius 1 is 0.617 bits per heavy atom. The van der Waals surface area contributed by atoms with Crippen LogP contribution in [-0.2, 0) is 112 Å². The molecular weight excluding hydrogens is 1750 g/mol. The summed E-state index contributed by atoms with van der Waals surface area (Å²) in [6.45, 7) is 3.93. The number of aliphatic hydroxyl groups excluding tert-OH is 2. The van der Waals surface area contributed by atoms with Gasteiger partial charge in [0.25, 0.3) is 0 Å². The number of aromatic hydroxyl groups is 1. The van der Waals surface area contributed by atoms with Crippen LogP contribution in [0, 0.1) is 11.8 Å². The lowest BCUT2D eigenvalue weighted by molar-refractivity contribution is -0.150. The molecule has 3 aliphatic heterocycles. The number of nitrogens with zero attached hydrogens (tertiary/aromatic N) is 6. The Morgan fingerprint density at radius 2 is 1.20 bits per heavy atom. The van der Waals surface area contributed by atoms with E-state index >= 15 is 38.4 Å². The minimum Gasteiger partial charge on any atom is -0.508 e. The largest absolute Gasteiger partial charge is 0.508 e. The van der Waals surface area contributed by atoms with E-state index in [1.165, 1.54) is 76.9 Å². The third-order valence-electron chi connectivity index (χ3n) is 24.1. The number of benzene rings is 3. The number of thioether (sulfide) groups is 1. The summed E-state index contributed by atoms with van der Waals surface area (Å²) in [4.78, 5) is 268. The van der Waals surface area contributed by atoms with Crippen LogP contribution in [0.15, 0.2) is 97.7 Å². The maximum atomic E-state index is 15.7. The molecule has 0 saturated carbocycles. The van der Waals surface area contributed by atoms with E-state index < -0.39 is 248 Å². The number of carboxylic acid groups (broad SMARTS) is 1. The van der Waals surface area contributed by atoms with Gasteiger partial charge in [-0.1, -0.05) is 82.1 Å². The van der Waals surface area contributed by atoms with Crippen molar-refractivity contribution >= 4 is 134 Å². The number of primary amides is 1. The molecule has 15 amide bonds. The van der Waals surface area contributed by atoms with Crippen molar-refractivity contribution in [3.05, 3.63) is 120 Å². The van der Waals surface area contributed by atoms with Gasteiger partial charge in [0, 0.05) is 145 Å². The number of nitrogens with two attached hydrogens (primary N) is 2. The zero-order chi connectivity index (χ0) is 97.0. The first-order chi connectivity index (χ1) is 63.4. The van der Waals surface area contributed by atoms with Gasteiger partial charge in [-0.3, -0.25) is 81.5 Å². The van der Waals surface area contributed by atoms with Crippen molar-refractivity contribution in [2.45, 2.75) is 215 Å². The monoisotopic (exact) mass is 1870 g/mol. The lowest BCUT2D eigenvalue weighted by Crippen LogP contribution is -2.61. The number of para-hydroxylation sites is 2. The van der Waals surface area contributed by atoms with Crippen LogP contribution < -0.4 is 59.3 Å². The number of Topliss-reactive ketones (excluding diaryl/α,β-unsaturated/α-hetero) is 1. The molecule has 20 N–H and O–H groups in total. The van der Waals surface area contributed by atoms with Gasteiger partial charge in [0.2, 0.25) is 88.6 Å². The lowest BCUT2D eigenvalue weighted by atomic mass is 9.90. The number of carboxylic acids is 1. The van der Waals surface area contributed by atoms with Crippen molar-refractivity contribution in [3.63, 3.8) is 0 Å². The topological polar surface area (TPSA) is 617 Å². The van der Waals surface area contributed by atoms with Gasteiger partial charge in [0.1, 0.15) is 78.3 Å². The van der Waals surface area contributed by atoms with E-state index in [2.05, 4.69) is 67.8 Å². The molecule has 43 heteroatoms. The van der Waals surface area contributed by atoms with Gasteiger partial charge in [-0.15, -0.1) is 11.8 Å². The Bertz CT molecular complexity index is 5110. The van der Waals surface area contributed by atoms with E-state index in [0.29, 0.717) is 51.3 Å². The van der Waals surface area contributed by atoms with Gasteiger partial charge in [-0.2, -0.15) is 0 Å². The first-order valence-corrected chi connectivity index (χ1v) is 45.6. The Morgan fingerprint density at radius 3 is 1.83 bits per heavy atom. The number of aromatic amines is 3. The zero-order valence-corrected chi connectivity index (χ0v) is 76.6. The maximum absolute atomic E-state index is 15.7. The second-order valence-electron chi connectivity index (χ2n) is 34.3. The number of aliphatic hydroxyl groups is 2. The van der Waals surface area contributed by atoms with Crippen LogP contribution in [0.5, 0.6) is 5.75 Å². The van der Waals surface area contributed by atoms with Crippen molar-refractivity contribution in [3.8, 4) is 5.75 Å². The summed E-state index contributed by atoms with van der Waals surface area (Å²) in [5.41, 5.74) is 14.4. The highest BCUT2D eigenvalue weighted by molar-refractivity contribution is 8.00. The summed E-state index contributed by atoms with van der Waals surface area (Å²) in [5.74, 6) is -18.9. The van der Waals surface area contributed by atoms with Gasteiger partial charge >= 0.3 is 5.97 Å². The van der Waals surface area contributed by atoms with Crippen molar-refractivity contribution in [2.24, 2.45) is 23.3 Å². The number of carbonyl (C=O) groups excluding carboxylic acids is 16. The fraction of sp³-hybridized carbons (Fsp3) is 0.533. The number of carbonyl (C=O) groups is 17. The van der Waals surface area contributed by atoms with Crippen LogP contribution in [0.3, 0.4) is 0 Å². The molecule has 3 fully saturated rings. The molecule has 0 bridgehead atoms. The quantitative estimate of drug-likeness (QED) is 0.0297. The summed E-state index contributed by atoms with van der Waals surface area (Å²) >= 11 is 0.802. The molecule has 6 aromatic rings. The van der Waals surface area contributed by atoms with E-state index in [0.717, 1.165) is 31.4 Å². The number of nitrogens with one attached hydrogen (secondary N) is 12. The number of aliphatic carboxylic acids is 1. The predicted molar refractivity (Wildman–Crippen MR) is 486 cm³/mol. The van der Waals surface area contributed by atoms with Crippen LogP contribution in [0.25, 0.3) is 21.8 Å². The number of ether oxygens (including phenoxy) is 1. The molecule has 722 valence electrons. The number of hydrogen-bond donors (Lipinski definition) is 18. The highest BCUT2D eigenvalue weighted by Gasteiger charge is 2.47. The van der Waals surface area contributed by atoms with E-state index in [1.807, 2.05) is 6.92 Å². The molecule has 9 rings (SSSR count). The van der Waals surface area contributed by atoms with Crippen LogP contribution in [0.2, 0.25) is 0 Å². The van der Waals surface area contributed by atoms with Crippen molar-refractivity contribution in [1.29, 1.82) is 0 Å². The van der Waals surface area contributed by atoms with Gasteiger partial charge < -0.3 is 124 Å². The Balaban J connectivity index is 1.09. The average molecular weight is 1870 g/mol.